The van der Waals surface area contributed by atoms with Gasteiger partial charge in [0.25, 0.3) is 0 Å². The Labute approximate surface area is 105 Å². The molecule has 2 rings (SSSR count). The second kappa shape index (κ2) is 4.43. The van der Waals surface area contributed by atoms with Gasteiger partial charge in [-0.3, -0.25) is 0 Å². The molecule has 0 saturated heterocycles. The molecule has 1 heterocycles. The molecule has 0 unspecified atom stereocenters. The quantitative estimate of drug-likeness (QED) is 0.849. The van der Waals surface area contributed by atoms with Gasteiger partial charge in [-0.15, -0.1) is 0 Å². The first-order valence-corrected chi connectivity index (χ1v) is 7.90. The predicted octanol–water partition coefficient (Wildman–Crippen LogP) is 3.22. The van der Waals surface area contributed by atoms with Crippen molar-refractivity contribution >= 4 is 39.3 Å². The van der Waals surface area contributed by atoms with Crippen LogP contribution in [0, 0.1) is 0 Å². The Bertz CT molecular complexity index is 547. The monoisotopic (exact) mass is 274 g/mol. The fourth-order valence-corrected chi connectivity index (χ4v) is 4.37. The summed E-state index contributed by atoms with van der Waals surface area (Å²) >= 11 is 7.44. The van der Waals surface area contributed by atoms with Gasteiger partial charge in [-0.05, 0) is 35.6 Å². The third-order valence-corrected chi connectivity index (χ3v) is 5.62. The van der Waals surface area contributed by atoms with Gasteiger partial charge in [-0.2, -0.15) is 11.8 Å². The van der Waals surface area contributed by atoms with E-state index in [4.69, 9.17) is 11.6 Å². The van der Waals surface area contributed by atoms with Crippen molar-refractivity contribution < 1.29 is 8.42 Å². The molecule has 0 N–H and O–H groups in total. The molecule has 0 fully saturated rings. The molecule has 0 bridgehead atoms. The minimum atomic E-state index is -3.25. The molecule has 1 aliphatic rings. The minimum Gasteiger partial charge on any atom is -0.219 e. The highest BCUT2D eigenvalue weighted by Crippen LogP contribution is 2.35. The van der Waals surface area contributed by atoms with E-state index in [0.717, 1.165) is 5.75 Å². The van der Waals surface area contributed by atoms with Gasteiger partial charge in [0.1, 0.15) is 0 Å². The fraction of sp³-hybridized carbons (Fsp3) is 0.273. The van der Waals surface area contributed by atoms with Gasteiger partial charge in [-0.1, -0.05) is 18.5 Å². The van der Waals surface area contributed by atoms with Crippen LogP contribution in [0.5, 0.6) is 0 Å². The standard InChI is InChI=1S/C11H11ClO2S2/c1-2-15-7-10-6-8-5-9(12)3-4-11(8)16(10,13)14/h3-6H,2,7H2,1H3. The Balaban J connectivity index is 2.44. The van der Waals surface area contributed by atoms with Gasteiger partial charge in [-0.25, -0.2) is 8.42 Å². The maximum Gasteiger partial charge on any atom is 0.204 e. The van der Waals surface area contributed by atoms with Gasteiger partial charge < -0.3 is 0 Å². The molecular weight excluding hydrogens is 264 g/mol. The minimum absolute atomic E-state index is 0.378. The molecule has 0 aromatic heterocycles. The zero-order valence-corrected chi connectivity index (χ0v) is 11.1. The van der Waals surface area contributed by atoms with Gasteiger partial charge in [0.05, 0.1) is 9.80 Å². The molecule has 0 aliphatic carbocycles. The maximum absolute atomic E-state index is 12.1. The Morgan fingerprint density at radius 2 is 2.12 bits per heavy atom. The second-order valence-electron chi connectivity index (χ2n) is 3.43. The SMILES string of the molecule is CCSCC1=Cc2cc(Cl)ccc2S1(=O)=O. The second-order valence-corrected chi connectivity index (χ2v) is 7.12. The number of sulfone groups is 1. The van der Waals surface area contributed by atoms with E-state index in [1.807, 2.05) is 6.92 Å². The first kappa shape index (κ1) is 12.0. The number of hydrogen-bond acceptors (Lipinski definition) is 3. The Morgan fingerprint density at radius 1 is 1.38 bits per heavy atom. The highest BCUT2D eigenvalue weighted by Gasteiger charge is 2.28. The van der Waals surface area contributed by atoms with Gasteiger partial charge in [0, 0.05) is 10.8 Å². The zero-order chi connectivity index (χ0) is 11.8. The fourth-order valence-electron chi connectivity index (χ4n) is 1.59. The van der Waals surface area contributed by atoms with Crippen molar-refractivity contribution in [2.45, 2.75) is 11.8 Å². The molecule has 5 heteroatoms. The molecule has 2 nitrogen and oxygen atoms in total. The van der Waals surface area contributed by atoms with E-state index in [1.165, 1.54) is 0 Å². The summed E-state index contributed by atoms with van der Waals surface area (Å²) in [5.41, 5.74) is 0.708. The highest BCUT2D eigenvalue weighted by atomic mass is 35.5. The van der Waals surface area contributed by atoms with E-state index in [1.54, 1.807) is 36.0 Å². The molecule has 86 valence electrons. The van der Waals surface area contributed by atoms with Crippen LogP contribution in [0.3, 0.4) is 0 Å². The van der Waals surface area contributed by atoms with E-state index in [2.05, 4.69) is 0 Å². The van der Waals surface area contributed by atoms with Crippen LogP contribution in [0.1, 0.15) is 12.5 Å². The molecule has 0 atom stereocenters. The molecule has 1 aromatic carbocycles. The van der Waals surface area contributed by atoms with Crippen molar-refractivity contribution in [2.75, 3.05) is 11.5 Å². The van der Waals surface area contributed by atoms with Crippen molar-refractivity contribution in [2.24, 2.45) is 0 Å². The van der Waals surface area contributed by atoms with Crippen molar-refractivity contribution in [1.29, 1.82) is 0 Å². The Hall–Kier alpha value is -0.450. The smallest absolute Gasteiger partial charge is 0.204 e. The van der Waals surface area contributed by atoms with Crippen LogP contribution in [-0.2, 0) is 9.84 Å². The molecule has 0 amide bonds. The van der Waals surface area contributed by atoms with Gasteiger partial charge >= 0.3 is 0 Å². The van der Waals surface area contributed by atoms with Crippen molar-refractivity contribution in [1.82, 2.24) is 0 Å². The lowest BCUT2D eigenvalue weighted by molar-refractivity contribution is 0.603. The number of rotatable bonds is 3. The number of hydrogen-bond donors (Lipinski definition) is 0. The Kier molecular flexibility index (Phi) is 3.33. The average molecular weight is 275 g/mol. The first-order valence-electron chi connectivity index (χ1n) is 4.88. The van der Waals surface area contributed by atoms with E-state index >= 15 is 0 Å². The van der Waals surface area contributed by atoms with Crippen LogP contribution in [0.15, 0.2) is 28.0 Å². The summed E-state index contributed by atoms with van der Waals surface area (Å²) in [5.74, 6) is 1.44. The van der Waals surface area contributed by atoms with E-state index < -0.39 is 9.84 Å². The lowest BCUT2D eigenvalue weighted by Crippen LogP contribution is -2.02. The summed E-state index contributed by atoms with van der Waals surface area (Å²) in [6.45, 7) is 2.01. The average Bonchev–Trinajstić information content (AvgIpc) is 2.47. The van der Waals surface area contributed by atoms with E-state index in [9.17, 15) is 8.42 Å². The third kappa shape index (κ3) is 2.01. The third-order valence-electron chi connectivity index (χ3n) is 2.37. The highest BCUT2D eigenvalue weighted by molar-refractivity contribution is 8.02. The van der Waals surface area contributed by atoms with Crippen LogP contribution in [0.4, 0.5) is 0 Å². The Morgan fingerprint density at radius 3 is 2.81 bits per heavy atom. The van der Waals surface area contributed by atoms with Gasteiger partial charge in [0.2, 0.25) is 9.84 Å². The van der Waals surface area contributed by atoms with Crippen LogP contribution < -0.4 is 0 Å². The number of halogens is 1. The van der Waals surface area contributed by atoms with Crippen LogP contribution >= 0.6 is 23.4 Å². The van der Waals surface area contributed by atoms with Crippen molar-refractivity contribution in [3.8, 4) is 0 Å². The number of thioether (sulfide) groups is 1. The lowest BCUT2D eigenvalue weighted by Gasteiger charge is -2.02. The number of fused-ring (bicyclic) bond motifs is 1. The number of benzene rings is 1. The van der Waals surface area contributed by atoms with Crippen LogP contribution in [0.25, 0.3) is 6.08 Å². The summed E-state index contributed by atoms with van der Waals surface area (Å²) in [4.78, 5) is 0.861. The topological polar surface area (TPSA) is 34.1 Å². The summed E-state index contributed by atoms with van der Waals surface area (Å²) in [6.07, 6.45) is 1.72. The summed E-state index contributed by atoms with van der Waals surface area (Å²) in [7, 11) is -3.25. The summed E-state index contributed by atoms with van der Waals surface area (Å²) < 4.78 is 24.2. The molecule has 1 aliphatic heterocycles. The molecule has 0 saturated carbocycles. The van der Waals surface area contributed by atoms with Crippen LogP contribution in [-0.4, -0.2) is 19.9 Å². The predicted molar refractivity (Wildman–Crippen MR) is 69.6 cm³/mol. The largest absolute Gasteiger partial charge is 0.219 e. The molecule has 0 radical (unpaired) electrons. The van der Waals surface area contributed by atoms with Crippen LogP contribution in [0.2, 0.25) is 5.02 Å². The lowest BCUT2D eigenvalue weighted by atomic mass is 10.2. The molecule has 0 spiro atoms. The maximum atomic E-state index is 12.1. The molecular formula is C11H11ClO2S2. The molecule has 16 heavy (non-hydrogen) atoms. The van der Waals surface area contributed by atoms with Crippen molar-refractivity contribution in [3.05, 3.63) is 33.7 Å². The summed E-state index contributed by atoms with van der Waals surface area (Å²) in [5, 5.41) is 0.564. The summed E-state index contributed by atoms with van der Waals surface area (Å²) in [6, 6.07) is 4.88. The van der Waals surface area contributed by atoms with E-state index in [-0.39, 0.29) is 0 Å². The van der Waals surface area contributed by atoms with E-state index in [0.29, 0.717) is 26.1 Å². The normalized spacial score (nSPS) is 17.0. The van der Waals surface area contributed by atoms with Crippen molar-refractivity contribution in [3.63, 3.8) is 0 Å². The van der Waals surface area contributed by atoms with Gasteiger partial charge in [0.15, 0.2) is 0 Å². The first-order chi connectivity index (χ1) is 7.55. The molecule has 1 aromatic rings. The zero-order valence-electron chi connectivity index (χ0n) is 8.73.